The van der Waals surface area contributed by atoms with Gasteiger partial charge in [0.05, 0.1) is 11.7 Å². The van der Waals surface area contributed by atoms with Crippen LogP contribution in [0, 0.1) is 6.07 Å². The summed E-state index contributed by atoms with van der Waals surface area (Å²) in [7, 11) is 0. The molecule has 2 rings (SSSR count). The summed E-state index contributed by atoms with van der Waals surface area (Å²) < 4.78 is 0. The maximum atomic E-state index is 4.02. The first-order valence-electron chi connectivity index (χ1n) is 2.90. The molecular formula is C7H4N3. The SMILES string of the molecule is [c]1cnc2ccnnc2c1. The molecule has 0 unspecified atom stereocenters. The van der Waals surface area contributed by atoms with Gasteiger partial charge >= 0.3 is 0 Å². The predicted octanol–water partition coefficient (Wildman–Crippen LogP) is 0.825. The first-order chi connectivity index (χ1) is 4.97. The van der Waals surface area contributed by atoms with Crippen LogP contribution in [-0.4, -0.2) is 15.2 Å². The third-order valence-electron chi connectivity index (χ3n) is 1.23. The molecule has 3 nitrogen and oxygen atoms in total. The minimum Gasteiger partial charge on any atom is -0.254 e. The molecule has 0 amide bonds. The summed E-state index contributed by atoms with van der Waals surface area (Å²) in [5.41, 5.74) is 1.64. The van der Waals surface area contributed by atoms with Crippen molar-refractivity contribution in [3.05, 3.63) is 30.6 Å². The third-order valence-corrected chi connectivity index (χ3v) is 1.23. The standard InChI is InChI=1S/C7H4N3/c1-2-7-6(8-4-1)3-5-9-10-7/h2-5H. The summed E-state index contributed by atoms with van der Waals surface area (Å²) in [5, 5.41) is 7.54. The topological polar surface area (TPSA) is 38.7 Å². The van der Waals surface area contributed by atoms with Gasteiger partial charge in [-0.2, -0.15) is 5.10 Å². The highest BCUT2D eigenvalue weighted by Crippen LogP contribution is 2.02. The van der Waals surface area contributed by atoms with Crippen molar-refractivity contribution in [1.29, 1.82) is 0 Å². The highest BCUT2D eigenvalue weighted by Gasteiger charge is 1.89. The molecule has 10 heavy (non-hydrogen) atoms. The van der Waals surface area contributed by atoms with Crippen LogP contribution in [-0.2, 0) is 0 Å². The van der Waals surface area contributed by atoms with Crippen molar-refractivity contribution >= 4 is 11.0 Å². The zero-order valence-corrected chi connectivity index (χ0v) is 5.15. The van der Waals surface area contributed by atoms with E-state index in [0.717, 1.165) is 11.0 Å². The first kappa shape index (κ1) is 5.29. The van der Waals surface area contributed by atoms with Crippen LogP contribution >= 0.6 is 0 Å². The summed E-state index contributed by atoms with van der Waals surface area (Å²) in [6.07, 6.45) is 3.24. The van der Waals surface area contributed by atoms with E-state index in [0.29, 0.717) is 0 Å². The second-order valence-electron chi connectivity index (χ2n) is 1.87. The molecule has 0 aliphatic carbocycles. The normalized spacial score (nSPS) is 10.0. The van der Waals surface area contributed by atoms with E-state index < -0.39 is 0 Å². The van der Waals surface area contributed by atoms with Crippen molar-refractivity contribution in [2.75, 3.05) is 0 Å². The van der Waals surface area contributed by atoms with Crippen LogP contribution < -0.4 is 0 Å². The molecule has 2 aromatic heterocycles. The molecule has 2 aromatic rings. The first-order valence-corrected chi connectivity index (χ1v) is 2.90. The molecule has 0 spiro atoms. The van der Waals surface area contributed by atoms with Crippen LogP contribution in [0.3, 0.4) is 0 Å². The van der Waals surface area contributed by atoms with E-state index in [1.165, 1.54) is 0 Å². The molecule has 3 heteroatoms. The van der Waals surface area contributed by atoms with Gasteiger partial charge in [-0.05, 0) is 12.1 Å². The maximum Gasteiger partial charge on any atom is 0.112 e. The molecule has 0 saturated carbocycles. The quantitative estimate of drug-likeness (QED) is 0.530. The van der Waals surface area contributed by atoms with E-state index in [-0.39, 0.29) is 0 Å². The highest BCUT2D eigenvalue weighted by atomic mass is 15.1. The average Bonchev–Trinajstić information content (AvgIpc) is 2.05. The zero-order chi connectivity index (χ0) is 6.81. The minimum absolute atomic E-state index is 0.782. The van der Waals surface area contributed by atoms with Gasteiger partial charge in [-0.1, -0.05) is 0 Å². The Hall–Kier alpha value is -1.51. The van der Waals surface area contributed by atoms with Crippen molar-refractivity contribution in [2.45, 2.75) is 0 Å². The number of nitrogens with zero attached hydrogens (tertiary/aromatic N) is 3. The second-order valence-corrected chi connectivity index (χ2v) is 1.87. The number of aromatic nitrogens is 3. The van der Waals surface area contributed by atoms with Crippen LogP contribution in [0.4, 0.5) is 0 Å². The second kappa shape index (κ2) is 2.02. The molecule has 0 atom stereocenters. The fourth-order valence-corrected chi connectivity index (χ4v) is 0.771. The average molecular weight is 130 g/mol. The summed E-state index contributed by atoms with van der Waals surface area (Å²) in [6.45, 7) is 0. The number of hydrogen-bond acceptors (Lipinski definition) is 3. The third kappa shape index (κ3) is 0.719. The molecule has 0 fully saturated rings. The number of pyridine rings is 1. The van der Waals surface area contributed by atoms with Gasteiger partial charge in [0.15, 0.2) is 0 Å². The predicted molar refractivity (Wildman–Crippen MR) is 36.2 cm³/mol. The van der Waals surface area contributed by atoms with Gasteiger partial charge in [-0.15, -0.1) is 5.10 Å². The highest BCUT2D eigenvalue weighted by molar-refractivity contribution is 5.71. The van der Waals surface area contributed by atoms with Crippen LogP contribution in [0.5, 0.6) is 0 Å². The molecule has 0 aliphatic heterocycles. The Balaban J connectivity index is 2.89. The van der Waals surface area contributed by atoms with Gasteiger partial charge < -0.3 is 0 Å². The lowest BCUT2D eigenvalue weighted by Gasteiger charge is -1.89. The molecule has 0 aliphatic rings. The van der Waals surface area contributed by atoms with Gasteiger partial charge in [-0.3, -0.25) is 4.98 Å². The van der Waals surface area contributed by atoms with Crippen molar-refractivity contribution in [3.8, 4) is 0 Å². The van der Waals surface area contributed by atoms with E-state index in [4.69, 9.17) is 0 Å². The Labute approximate surface area is 57.7 Å². The number of fused-ring (bicyclic) bond motifs is 1. The van der Waals surface area contributed by atoms with E-state index in [9.17, 15) is 0 Å². The minimum atomic E-state index is 0.782. The van der Waals surface area contributed by atoms with Crippen LogP contribution in [0.1, 0.15) is 0 Å². The number of hydrogen-bond donors (Lipinski definition) is 0. The Kier molecular flexibility index (Phi) is 1.07. The van der Waals surface area contributed by atoms with Gasteiger partial charge in [0.2, 0.25) is 0 Å². The fraction of sp³-hybridized carbons (Fsp3) is 0. The summed E-state index contributed by atoms with van der Waals surface area (Å²) in [4.78, 5) is 4.02. The fourth-order valence-electron chi connectivity index (χ4n) is 0.771. The lowest BCUT2D eigenvalue weighted by molar-refractivity contribution is 1.07. The Morgan fingerprint density at radius 1 is 1.30 bits per heavy atom. The molecule has 0 aromatic carbocycles. The Morgan fingerprint density at radius 3 is 3.20 bits per heavy atom. The van der Waals surface area contributed by atoms with Gasteiger partial charge in [0.1, 0.15) is 5.52 Å². The summed E-state index contributed by atoms with van der Waals surface area (Å²) in [6, 6.07) is 6.40. The summed E-state index contributed by atoms with van der Waals surface area (Å²) in [5.74, 6) is 0. The Bertz CT molecular complexity index is 280. The van der Waals surface area contributed by atoms with Crippen molar-refractivity contribution in [1.82, 2.24) is 15.2 Å². The van der Waals surface area contributed by atoms with Gasteiger partial charge in [-0.25, -0.2) is 0 Å². The van der Waals surface area contributed by atoms with Gasteiger partial charge in [0, 0.05) is 12.3 Å². The molecule has 0 saturated heterocycles. The maximum absolute atomic E-state index is 4.02. The largest absolute Gasteiger partial charge is 0.254 e. The van der Waals surface area contributed by atoms with Crippen LogP contribution in [0.2, 0.25) is 0 Å². The number of rotatable bonds is 0. The molecule has 1 radical (unpaired) electrons. The molecule has 47 valence electrons. The smallest absolute Gasteiger partial charge is 0.112 e. The van der Waals surface area contributed by atoms with Crippen LogP contribution in [0.15, 0.2) is 24.5 Å². The van der Waals surface area contributed by atoms with E-state index in [1.54, 1.807) is 18.5 Å². The van der Waals surface area contributed by atoms with E-state index >= 15 is 0 Å². The summed E-state index contributed by atoms with van der Waals surface area (Å²) >= 11 is 0. The van der Waals surface area contributed by atoms with Crippen molar-refractivity contribution < 1.29 is 0 Å². The Morgan fingerprint density at radius 2 is 2.30 bits per heavy atom. The molecular weight excluding hydrogens is 126 g/mol. The van der Waals surface area contributed by atoms with E-state index in [2.05, 4.69) is 21.2 Å². The van der Waals surface area contributed by atoms with E-state index in [1.807, 2.05) is 6.07 Å². The van der Waals surface area contributed by atoms with Gasteiger partial charge in [0.25, 0.3) is 0 Å². The monoisotopic (exact) mass is 130 g/mol. The van der Waals surface area contributed by atoms with Crippen molar-refractivity contribution in [2.24, 2.45) is 0 Å². The zero-order valence-electron chi connectivity index (χ0n) is 5.15. The lowest BCUT2D eigenvalue weighted by Crippen LogP contribution is -1.83. The van der Waals surface area contributed by atoms with Crippen LogP contribution in [0.25, 0.3) is 11.0 Å². The lowest BCUT2D eigenvalue weighted by atomic mass is 10.3. The molecule has 2 heterocycles. The molecule has 0 N–H and O–H groups in total. The molecule has 0 bridgehead atoms. The van der Waals surface area contributed by atoms with Crippen molar-refractivity contribution in [3.63, 3.8) is 0 Å².